The molecule has 0 atom stereocenters. The lowest BCUT2D eigenvalue weighted by Gasteiger charge is -2.09. The fourth-order valence-corrected chi connectivity index (χ4v) is 1.01. The number of nitrogens with zero attached hydrogens (tertiary/aromatic N) is 2. The lowest BCUT2D eigenvalue weighted by Crippen LogP contribution is -2.08. The number of anilines is 1. The van der Waals surface area contributed by atoms with Gasteiger partial charge < -0.3 is 15.2 Å². The van der Waals surface area contributed by atoms with Gasteiger partial charge in [0.1, 0.15) is 12.4 Å². The van der Waals surface area contributed by atoms with Gasteiger partial charge in [-0.3, -0.25) is 0 Å². The minimum Gasteiger partial charge on any atom is -0.477 e. The van der Waals surface area contributed by atoms with Crippen molar-refractivity contribution in [1.29, 1.82) is 0 Å². The predicted molar refractivity (Wildman–Crippen MR) is 57.5 cm³/mol. The van der Waals surface area contributed by atoms with E-state index in [4.69, 9.17) is 15.2 Å². The molecule has 1 aromatic rings. The van der Waals surface area contributed by atoms with Crippen molar-refractivity contribution < 1.29 is 9.47 Å². The van der Waals surface area contributed by atoms with Gasteiger partial charge in [-0.1, -0.05) is 13.8 Å². The van der Waals surface area contributed by atoms with Crippen LogP contribution in [0.2, 0.25) is 0 Å². The second-order valence-corrected chi connectivity index (χ2v) is 3.69. The topological polar surface area (TPSA) is 70.3 Å². The maximum atomic E-state index is 5.61. The molecule has 0 aliphatic rings. The van der Waals surface area contributed by atoms with Crippen molar-refractivity contribution in [2.45, 2.75) is 20.5 Å². The summed E-state index contributed by atoms with van der Waals surface area (Å²) in [7, 11) is 1.58. The third-order valence-corrected chi connectivity index (χ3v) is 1.61. The monoisotopic (exact) mass is 211 g/mol. The van der Waals surface area contributed by atoms with Crippen LogP contribution in [0.1, 0.15) is 19.7 Å². The predicted octanol–water partition coefficient (Wildman–Crippen LogP) is 1.24. The minimum atomic E-state index is 0.336. The summed E-state index contributed by atoms with van der Waals surface area (Å²) < 4.78 is 10.4. The van der Waals surface area contributed by atoms with Gasteiger partial charge in [-0.05, 0) is 5.92 Å². The van der Waals surface area contributed by atoms with Gasteiger partial charge in [0.15, 0.2) is 5.82 Å². The summed E-state index contributed by atoms with van der Waals surface area (Å²) in [5.74, 6) is 1.89. The van der Waals surface area contributed by atoms with Gasteiger partial charge in [-0.25, -0.2) is 4.98 Å². The fourth-order valence-electron chi connectivity index (χ4n) is 1.01. The smallest absolute Gasteiger partial charge is 0.218 e. The highest BCUT2D eigenvalue weighted by atomic mass is 16.5. The zero-order chi connectivity index (χ0) is 11.3. The van der Waals surface area contributed by atoms with Crippen LogP contribution in [0.3, 0.4) is 0 Å². The number of rotatable bonds is 5. The highest BCUT2D eigenvalue weighted by molar-refractivity contribution is 5.32. The lowest BCUT2D eigenvalue weighted by atomic mass is 10.2. The lowest BCUT2D eigenvalue weighted by molar-refractivity contribution is 0.175. The summed E-state index contributed by atoms with van der Waals surface area (Å²) in [6.07, 6.45) is 0. The number of methoxy groups -OCH3 is 1. The van der Waals surface area contributed by atoms with E-state index >= 15 is 0 Å². The first kappa shape index (κ1) is 11.7. The van der Waals surface area contributed by atoms with Gasteiger partial charge in [-0.2, -0.15) is 4.98 Å². The third-order valence-electron chi connectivity index (χ3n) is 1.61. The van der Waals surface area contributed by atoms with Crippen LogP contribution in [0.25, 0.3) is 0 Å². The zero-order valence-corrected chi connectivity index (χ0v) is 9.36. The van der Waals surface area contributed by atoms with Crippen molar-refractivity contribution in [3.63, 3.8) is 0 Å². The van der Waals surface area contributed by atoms with E-state index in [1.165, 1.54) is 0 Å². The Hall–Kier alpha value is -1.36. The van der Waals surface area contributed by atoms with E-state index in [1.54, 1.807) is 13.2 Å². The Morgan fingerprint density at radius 3 is 2.73 bits per heavy atom. The second-order valence-electron chi connectivity index (χ2n) is 3.69. The van der Waals surface area contributed by atoms with Crippen LogP contribution in [-0.4, -0.2) is 23.7 Å². The van der Waals surface area contributed by atoms with Gasteiger partial charge in [0.2, 0.25) is 5.88 Å². The molecule has 1 heterocycles. The quantitative estimate of drug-likeness (QED) is 0.793. The molecule has 1 aromatic heterocycles. The Morgan fingerprint density at radius 2 is 2.13 bits per heavy atom. The first-order valence-corrected chi connectivity index (χ1v) is 4.87. The number of hydrogen-bond donors (Lipinski definition) is 1. The summed E-state index contributed by atoms with van der Waals surface area (Å²) in [4.78, 5) is 8.17. The van der Waals surface area contributed by atoms with Crippen molar-refractivity contribution in [3.05, 3.63) is 11.9 Å². The van der Waals surface area contributed by atoms with Crippen LogP contribution in [0.5, 0.6) is 5.88 Å². The average Bonchev–Trinajstić information content (AvgIpc) is 2.14. The molecule has 0 spiro atoms. The van der Waals surface area contributed by atoms with Crippen molar-refractivity contribution in [1.82, 2.24) is 9.97 Å². The largest absolute Gasteiger partial charge is 0.477 e. The summed E-state index contributed by atoms with van der Waals surface area (Å²) >= 11 is 0. The molecule has 0 aliphatic carbocycles. The second kappa shape index (κ2) is 5.50. The molecule has 5 nitrogen and oxygen atoms in total. The first-order valence-electron chi connectivity index (χ1n) is 4.87. The third kappa shape index (κ3) is 4.12. The Labute approximate surface area is 89.6 Å². The number of aromatic nitrogens is 2. The molecule has 5 heteroatoms. The molecule has 0 aliphatic heterocycles. The molecule has 0 saturated heterocycles. The van der Waals surface area contributed by atoms with Gasteiger partial charge in [-0.15, -0.1) is 0 Å². The Balaban J connectivity index is 2.70. The van der Waals surface area contributed by atoms with Crippen molar-refractivity contribution in [2.24, 2.45) is 5.92 Å². The number of nitrogens with two attached hydrogens (primary N) is 1. The minimum absolute atomic E-state index is 0.336. The van der Waals surface area contributed by atoms with Gasteiger partial charge in [0.25, 0.3) is 0 Å². The fraction of sp³-hybridized carbons (Fsp3) is 0.600. The average molecular weight is 211 g/mol. The van der Waals surface area contributed by atoms with Crippen LogP contribution in [-0.2, 0) is 11.3 Å². The molecule has 84 valence electrons. The van der Waals surface area contributed by atoms with Crippen LogP contribution in [0.4, 0.5) is 5.82 Å². The van der Waals surface area contributed by atoms with Gasteiger partial charge in [0.05, 0.1) is 6.61 Å². The van der Waals surface area contributed by atoms with Crippen molar-refractivity contribution >= 4 is 5.82 Å². The summed E-state index contributed by atoms with van der Waals surface area (Å²) in [6, 6.07) is 1.61. The van der Waals surface area contributed by atoms with Crippen molar-refractivity contribution in [2.75, 3.05) is 19.5 Å². The molecule has 0 unspecified atom stereocenters. The molecule has 0 fully saturated rings. The van der Waals surface area contributed by atoms with Crippen LogP contribution >= 0.6 is 0 Å². The Morgan fingerprint density at radius 1 is 1.40 bits per heavy atom. The van der Waals surface area contributed by atoms with Crippen molar-refractivity contribution in [3.8, 4) is 5.88 Å². The molecule has 0 amide bonds. The molecule has 0 radical (unpaired) electrons. The molecule has 0 aromatic carbocycles. The maximum absolute atomic E-state index is 5.61. The molecule has 0 bridgehead atoms. The van der Waals surface area contributed by atoms with E-state index in [0.717, 1.165) is 0 Å². The standard InChI is InChI=1S/C10H17N3O2/c1-7(2)5-15-10-4-8(11)12-9(13-10)6-14-3/h4,7H,5-6H2,1-3H3,(H2,11,12,13). The van der Waals surface area contributed by atoms with E-state index < -0.39 is 0 Å². The zero-order valence-electron chi connectivity index (χ0n) is 9.36. The highest BCUT2D eigenvalue weighted by Crippen LogP contribution is 2.12. The van der Waals surface area contributed by atoms with E-state index in [1.807, 2.05) is 0 Å². The normalized spacial score (nSPS) is 10.7. The number of hydrogen-bond acceptors (Lipinski definition) is 5. The number of ether oxygens (including phenoxy) is 2. The first-order chi connectivity index (χ1) is 7.11. The molecule has 0 saturated carbocycles. The summed E-state index contributed by atoms with van der Waals surface area (Å²) in [5, 5.41) is 0. The molecular formula is C10H17N3O2. The maximum Gasteiger partial charge on any atom is 0.218 e. The molecule has 15 heavy (non-hydrogen) atoms. The van der Waals surface area contributed by atoms with E-state index in [2.05, 4.69) is 23.8 Å². The SMILES string of the molecule is COCc1nc(N)cc(OCC(C)C)n1. The highest BCUT2D eigenvalue weighted by Gasteiger charge is 2.04. The Kier molecular flexibility index (Phi) is 4.30. The molecule has 2 N–H and O–H groups in total. The van der Waals surface area contributed by atoms with Crippen LogP contribution in [0.15, 0.2) is 6.07 Å². The summed E-state index contributed by atoms with van der Waals surface area (Å²) in [5.41, 5.74) is 5.61. The van der Waals surface area contributed by atoms with Gasteiger partial charge >= 0.3 is 0 Å². The Bertz CT molecular complexity index is 316. The summed E-state index contributed by atoms with van der Waals surface area (Å²) in [6.45, 7) is 5.09. The van der Waals surface area contributed by atoms with E-state index in [9.17, 15) is 0 Å². The number of nitrogen functional groups attached to an aromatic ring is 1. The van der Waals surface area contributed by atoms with Crippen LogP contribution < -0.4 is 10.5 Å². The van der Waals surface area contributed by atoms with Gasteiger partial charge in [0, 0.05) is 13.2 Å². The van der Waals surface area contributed by atoms with E-state index in [-0.39, 0.29) is 0 Å². The molecule has 1 rings (SSSR count). The van der Waals surface area contributed by atoms with E-state index in [0.29, 0.717) is 36.7 Å². The molecular weight excluding hydrogens is 194 g/mol. The van der Waals surface area contributed by atoms with Crippen LogP contribution in [0, 0.1) is 5.92 Å².